The minimum Gasteiger partial charge on any atom is -0.341 e. The maximum atomic E-state index is 13.5. The van der Waals surface area contributed by atoms with E-state index in [9.17, 15) is 9.18 Å². The van der Waals surface area contributed by atoms with Gasteiger partial charge in [0, 0.05) is 13.1 Å². The summed E-state index contributed by atoms with van der Waals surface area (Å²) < 4.78 is 13.5. The molecule has 0 bridgehead atoms. The maximum absolute atomic E-state index is 13.5. The highest BCUT2D eigenvalue weighted by Gasteiger charge is 2.13. The molecule has 1 aliphatic rings. The van der Waals surface area contributed by atoms with Gasteiger partial charge in [-0.2, -0.15) is 0 Å². The lowest BCUT2D eigenvalue weighted by Crippen LogP contribution is -2.30. The Morgan fingerprint density at radius 1 is 1.13 bits per heavy atom. The quantitative estimate of drug-likeness (QED) is 0.943. The fraction of sp³-hybridized carbons (Fsp3) is 0.353. The van der Waals surface area contributed by atoms with E-state index in [-0.39, 0.29) is 18.1 Å². The Kier molecular flexibility index (Phi) is 4.80. The van der Waals surface area contributed by atoms with Crippen molar-refractivity contribution in [2.75, 3.05) is 23.3 Å². The standard InChI is InChI=1S/C17H19FN4O/c18-15-7-3-2-6-13(15)10-16(23)21-14-11-19-17(20-12-14)22-8-4-1-5-9-22/h2-3,6-7,11-12H,1,4-5,8-10H2,(H,21,23). The van der Waals surface area contributed by atoms with Gasteiger partial charge in [0.25, 0.3) is 0 Å². The molecule has 0 aliphatic carbocycles. The van der Waals surface area contributed by atoms with Crippen LogP contribution in [-0.2, 0) is 11.2 Å². The average Bonchev–Trinajstić information content (AvgIpc) is 2.58. The molecule has 0 spiro atoms. The smallest absolute Gasteiger partial charge is 0.228 e. The number of hydrogen-bond acceptors (Lipinski definition) is 4. The Hall–Kier alpha value is -2.50. The third kappa shape index (κ3) is 4.03. The van der Waals surface area contributed by atoms with Crippen LogP contribution < -0.4 is 10.2 Å². The number of rotatable bonds is 4. The summed E-state index contributed by atoms with van der Waals surface area (Å²) in [5.74, 6) is 0.0283. The van der Waals surface area contributed by atoms with Crippen LogP contribution in [0.15, 0.2) is 36.7 Å². The molecule has 2 heterocycles. The van der Waals surface area contributed by atoms with E-state index in [2.05, 4.69) is 20.2 Å². The molecular formula is C17H19FN4O. The molecule has 1 saturated heterocycles. The zero-order valence-electron chi connectivity index (χ0n) is 12.8. The van der Waals surface area contributed by atoms with Gasteiger partial charge in [-0.15, -0.1) is 0 Å². The molecule has 1 amide bonds. The van der Waals surface area contributed by atoms with Crippen LogP contribution >= 0.6 is 0 Å². The third-order valence-corrected chi connectivity index (χ3v) is 3.87. The number of amides is 1. The molecule has 3 rings (SSSR count). The summed E-state index contributed by atoms with van der Waals surface area (Å²) in [5.41, 5.74) is 0.892. The van der Waals surface area contributed by atoms with Crippen LogP contribution in [0.1, 0.15) is 24.8 Å². The molecule has 1 aromatic heterocycles. The summed E-state index contributed by atoms with van der Waals surface area (Å²) in [6.07, 6.45) is 6.74. The zero-order valence-corrected chi connectivity index (χ0v) is 12.8. The van der Waals surface area contributed by atoms with Crippen molar-refractivity contribution < 1.29 is 9.18 Å². The second kappa shape index (κ2) is 7.17. The molecule has 1 aromatic carbocycles. The molecule has 0 radical (unpaired) electrons. The van der Waals surface area contributed by atoms with Crippen molar-refractivity contribution in [3.05, 3.63) is 48.0 Å². The normalized spacial score (nSPS) is 14.6. The predicted molar refractivity (Wildman–Crippen MR) is 86.8 cm³/mol. The molecule has 1 fully saturated rings. The number of hydrogen-bond donors (Lipinski definition) is 1. The molecular weight excluding hydrogens is 295 g/mol. The topological polar surface area (TPSA) is 58.1 Å². The molecule has 1 N–H and O–H groups in total. The third-order valence-electron chi connectivity index (χ3n) is 3.87. The van der Waals surface area contributed by atoms with Gasteiger partial charge >= 0.3 is 0 Å². The van der Waals surface area contributed by atoms with Crippen LogP contribution in [-0.4, -0.2) is 29.0 Å². The van der Waals surface area contributed by atoms with Crippen molar-refractivity contribution in [1.82, 2.24) is 9.97 Å². The van der Waals surface area contributed by atoms with Crippen LogP contribution in [0, 0.1) is 5.82 Å². The first kappa shape index (κ1) is 15.4. The zero-order chi connectivity index (χ0) is 16.1. The highest BCUT2D eigenvalue weighted by Crippen LogP contribution is 2.16. The van der Waals surface area contributed by atoms with Gasteiger partial charge in [0.15, 0.2) is 0 Å². The number of nitrogens with zero attached hydrogens (tertiary/aromatic N) is 3. The van der Waals surface area contributed by atoms with Gasteiger partial charge < -0.3 is 10.2 Å². The van der Waals surface area contributed by atoms with Crippen molar-refractivity contribution in [3.8, 4) is 0 Å². The van der Waals surface area contributed by atoms with Gasteiger partial charge in [-0.05, 0) is 30.9 Å². The van der Waals surface area contributed by atoms with Crippen molar-refractivity contribution in [2.24, 2.45) is 0 Å². The van der Waals surface area contributed by atoms with E-state index in [1.54, 1.807) is 30.6 Å². The van der Waals surface area contributed by atoms with Crippen LogP contribution in [0.4, 0.5) is 16.0 Å². The average molecular weight is 314 g/mol. The SMILES string of the molecule is O=C(Cc1ccccc1F)Nc1cnc(N2CCCCC2)nc1. The molecule has 120 valence electrons. The summed E-state index contributed by atoms with van der Waals surface area (Å²) in [4.78, 5) is 22.7. The minimum atomic E-state index is -0.376. The van der Waals surface area contributed by atoms with Crippen molar-refractivity contribution in [2.45, 2.75) is 25.7 Å². The molecule has 23 heavy (non-hydrogen) atoms. The predicted octanol–water partition coefficient (Wildman–Crippen LogP) is 2.79. The second-order valence-electron chi connectivity index (χ2n) is 5.64. The van der Waals surface area contributed by atoms with Crippen LogP contribution in [0.3, 0.4) is 0 Å². The first-order valence-corrected chi connectivity index (χ1v) is 7.82. The minimum absolute atomic E-state index is 0.0133. The van der Waals surface area contributed by atoms with Gasteiger partial charge in [0.2, 0.25) is 11.9 Å². The summed E-state index contributed by atoms with van der Waals surface area (Å²) in [5, 5.41) is 2.70. The van der Waals surface area contributed by atoms with E-state index in [1.807, 2.05) is 0 Å². The Labute approximate surface area is 134 Å². The number of anilines is 2. The summed E-state index contributed by atoms with van der Waals surface area (Å²) in [7, 11) is 0. The van der Waals surface area contributed by atoms with Crippen LogP contribution in [0.2, 0.25) is 0 Å². The summed E-state index contributed by atoms with van der Waals surface area (Å²) in [6.45, 7) is 1.94. The van der Waals surface area contributed by atoms with E-state index in [1.165, 1.54) is 12.5 Å². The van der Waals surface area contributed by atoms with E-state index < -0.39 is 0 Å². The van der Waals surface area contributed by atoms with Crippen molar-refractivity contribution in [3.63, 3.8) is 0 Å². The number of halogens is 1. The first-order chi connectivity index (χ1) is 11.2. The number of benzene rings is 1. The number of carbonyl (C=O) groups excluding carboxylic acids is 1. The first-order valence-electron chi connectivity index (χ1n) is 7.82. The largest absolute Gasteiger partial charge is 0.341 e. The second-order valence-corrected chi connectivity index (χ2v) is 5.64. The van der Waals surface area contributed by atoms with Gasteiger partial charge in [0.05, 0.1) is 24.5 Å². The van der Waals surface area contributed by atoms with Crippen LogP contribution in [0.5, 0.6) is 0 Å². The van der Waals surface area contributed by atoms with Gasteiger partial charge in [-0.1, -0.05) is 18.2 Å². The summed E-state index contributed by atoms with van der Waals surface area (Å²) in [6, 6.07) is 6.26. The number of aromatic nitrogens is 2. The summed E-state index contributed by atoms with van der Waals surface area (Å²) >= 11 is 0. The Balaban J connectivity index is 1.59. The Bertz CT molecular complexity index is 669. The fourth-order valence-electron chi connectivity index (χ4n) is 2.66. The monoisotopic (exact) mass is 314 g/mol. The van der Waals surface area contributed by atoms with Crippen molar-refractivity contribution >= 4 is 17.5 Å². The molecule has 6 heteroatoms. The molecule has 0 saturated carbocycles. The number of carbonyl (C=O) groups is 1. The van der Waals surface area contributed by atoms with Gasteiger partial charge in [0.1, 0.15) is 5.82 Å². The van der Waals surface area contributed by atoms with E-state index in [4.69, 9.17) is 0 Å². The molecule has 0 unspecified atom stereocenters. The number of piperidine rings is 1. The number of nitrogens with one attached hydrogen (secondary N) is 1. The van der Waals surface area contributed by atoms with E-state index in [0.717, 1.165) is 25.9 Å². The van der Waals surface area contributed by atoms with Gasteiger partial charge in [-0.25, -0.2) is 14.4 Å². The lowest BCUT2D eigenvalue weighted by atomic mass is 10.1. The van der Waals surface area contributed by atoms with E-state index in [0.29, 0.717) is 17.2 Å². The highest BCUT2D eigenvalue weighted by molar-refractivity contribution is 5.92. The van der Waals surface area contributed by atoms with Gasteiger partial charge in [-0.3, -0.25) is 4.79 Å². The Morgan fingerprint density at radius 2 is 1.83 bits per heavy atom. The molecule has 1 aliphatic heterocycles. The Morgan fingerprint density at radius 3 is 2.52 bits per heavy atom. The molecule has 2 aromatic rings. The fourth-order valence-corrected chi connectivity index (χ4v) is 2.66. The maximum Gasteiger partial charge on any atom is 0.228 e. The lowest BCUT2D eigenvalue weighted by molar-refractivity contribution is -0.115. The highest BCUT2D eigenvalue weighted by atomic mass is 19.1. The molecule has 5 nitrogen and oxygen atoms in total. The van der Waals surface area contributed by atoms with Crippen molar-refractivity contribution in [1.29, 1.82) is 0 Å². The van der Waals surface area contributed by atoms with E-state index >= 15 is 0 Å². The van der Waals surface area contributed by atoms with Crippen LogP contribution in [0.25, 0.3) is 0 Å². The molecule has 0 atom stereocenters. The lowest BCUT2D eigenvalue weighted by Gasteiger charge is -2.26.